The van der Waals surface area contributed by atoms with Crippen molar-refractivity contribution in [3.05, 3.63) is 36.2 Å². The van der Waals surface area contributed by atoms with Gasteiger partial charge in [-0.2, -0.15) is 10.2 Å². The Morgan fingerprint density at radius 1 is 1.29 bits per heavy atom. The van der Waals surface area contributed by atoms with Gasteiger partial charge in [0.15, 0.2) is 5.82 Å². The van der Waals surface area contributed by atoms with Gasteiger partial charge < -0.3 is 15.4 Å². The van der Waals surface area contributed by atoms with Gasteiger partial charge >= 0.3 is 0 Å². The van der Waals surface area contributed by atoms with Crippen molar-refractivity contribution in [2.24, 2.45) is 0 Å². The van der Waals surface area contributed by atoms with Gasteiger partial charge in [0, 0.05) is 7.05 Å². The minimum Gasteiger partial charge on any atom is -0.473 e. The molecule has 2 aromatic rings. The van der Waals surface area contributed by atoms with Crippen molar-refractivity contribution in [3.63, 3.8) is 0 Å². The Morgan fingerprint density at radius 3 is 2.67 bits per heavy atom. The number of nitrogens with two attached hydrogens (primary N) is 1. The van der Waals surface area contributed by atoms with E-state index in [9.17, 15) is 5.26 Å². The highest BCUT2D eigenvalue weighted by molar-refractivity contribution is 5.76. The van der Waals surface area contributed by atoms with Crippen LogP contribution in [0.15, 0.2) is 30.6 Å². The maximum atomic E-state index is 9.19. The molecule has 6 nitrogen and oxygen atoms in total. The predicted octanol–water partition coefficient (Wildman–Crippen LogP) is 2.49. The molecule has 0 aliphatic rings. The Kier molecular flexibility index (Phi) is 4.24. The predicted molar refractivity (Wildman–Crippen MR) is 81.4 cm³/mol. The second-order valence-electron chi connectivity index (χ2n) is 4.77. The van der Waals surface area contributed by atoms with Crippen molar-refractivity contribution in [2.45, 2.75) is 20.0 Å². The summed E-state index contributed by atoms with van der Waals surface area (Å²) in [6.07, 6.45) is 1.36. The fourth-order valence-electron chi connectivity index (χ4n) is 1.93. The van der Waals surface area contributed by atoms with E-state index in [1.165, 1.54) is 6.33 Å². The van der Waals surface area contributed by atoms with Gasteiger partial charge in [-0.1, -0.05) is 12.1 Å². The molecule has 0 amide bonds. The van der Waals surface area contributed by atoms with Gasteiger partial charge in [0.1, 0.15) is 18.1 Å². The number of ether oxygens (including phenoxy) is 1. The normalized spacial score (nSPS) is 10.2. The van der Waals surface area contributed by atoms with Crippen molar-refractivity contribution < 1.29 is 4.74 Å². The monoisotopic (exact) mass is 283 g/mol. The van der Waals surface area contributed by atoms with E-state index in [0.717, 1.165) is 5.69 Å². The molecule has 6 heteroatoms. The second-order valence-corrected chi connectivity index (χ2v) is 4.77. The topological polar surface area (TPSA) is 88.1 Å². The number of nitrogen functional groups attached to an aromatic ring is 1. The molecule has 2 rings (SSSR count). The second kappa shape index (κ2) is 6.09. The molecule has 0 saturated carbocycles. The number of hydrogen-bond acceptors (Lipinski definition) is 6. The Hall–Kier alpha value is -2.81. The highest BCUT2D eigenvalue weighted by Crippen LogP contribution is 2.33. The number of hydrogen-bond donors (Lipinski definition) is 1. The third kappa shape index (κ3) is 3.03. The summed E-state index contributed by atoms with van der Waals surface area (Å²) in [4.78, 5) is 10.00. The Balaban J connectivity index is 2.44. The average Bonchev–Trinajstić information content (AvgIpc) is 2.48. The molecule has 0 bridgehead atoms. The highest BCUT2D eigenvalue weighted by atomic mass is 16.5. The molecular formula is C15H17N5O. The molecule has 0 aliphatic heterocycles. The van der Waals surface area contributed by atoms with Crippen LogP contribution in [-0.2, 0) is 0 Å². The zero-order valence-electron chi connectivity index (χ0n) is 12.2. The molecule has 0 atom stereocenters. The lowest BCUT2D eigenvalue weighted by Crippen LogP contribution is -2.17. The fraction of sp³-hybridized carbons (Fsp3) is 0.267. The van der Waals surface area contributed by atoms with Crippen molar-refractivity contribution in [1.82, 2.24) is 9.97 Å². The summed E-state index contributed by atoms with van der Waals surface area (Å²) in [6.45, 7) is 3.80. The van der Waals surface area contributed by atoms with E-state index in [2.05, 4.69) is 16.0 Å². The lowest BCUT2D eigenvalue weighted by atomic mass is 10.2. The molecule has 0 saturated heterocycles. The first-order chi connectivity index (χ1) is 10.0. The van der Waals surface area contributed by atoms with Crippen molar-refractivity contribution >= 4 is 17.2 Å². The zero-order chi connectivity index (χ0) is 15.4. The summed E-state index contributed by atoms with van der Waals surface area (Å²) in [5.74, 6) is 0.847. The molecule has 2 N–H and O–H groups in total. The number of aromatic nitrogens is 2. The molecule has 1 heterocycles. The third-order valence-corrected chi connectivity index (χ3v) is 2.88. The molecular weight excluding hydrogens is 266 g/mol. The van der Waals surface area contributed by atoms with Gasteiger partial charge in [-0.15, -0.1) is 0 Å². The smallest absolute Gasteiger partial charge is 0.242 e. The summed E-state index contributed by atoms with van der Waals surface area (Å²) in [5.41, 5.74) is 7.70. The number of benzene rings is 1. The quantitative estimate of drug-likeness (QED) is 0.927. The minimum absolute atomic E-state index is 0.0354. The fourth-order valence-corrected chi connectivity index (χ4v) is 1.93. The number of anilines is 3. The number of para-hydroxylation sites is 1. The lowest BCUT2D eigenvalue weighted by molar-refractivity contribution is 0.234. The van der Waals surface area contributed by atoms with Crippen LogP contribution in [0.1, 0.15) is 19.4 Å². The lowest BCUT2D eigenvalue weighted by Gasteiger charge is -2.22. The Morgan fingerprint density at radius 2 is 2.00 bits per heavy atom. The molecule has 108 valence electrons. The first-order valence-electron chi connectivity index (χ1n) is 6.54. The molecule has 1 aromatic heterocycles. The summed E-state index contributed by atoms with van der Waals surface area (Å²) in [6, 6.07) is 9.41. The van der Waals surface area contributed by atoms with Crippen LogP contribution >= 0.6 is 0 Å². The van der Waals surface area contributed by atoms with Crippen molar-refractivity contribution in [2.75, 3.05) is 17.7 Å². The van der Waals surface area contributed by atoms with Gasteiger partial charge in [0.2, 0.25) is 5.88 Å². The Labute approximate surface area is 123 Å². The van der Waals surface area contributed by atoms with Crippen LogP contribution in [-0.4, -0.2) is 23.1 Å². The van der Waals surface area contributed by atoms with Crippen LogP contribution in [0, 0.1) is 11.3 Å². The van der Waals surface area contributed by atoms with Crippen LogP contribution in [0.25, 0.3) is 0 Å². The van der Waals surface area contributed by atoms with E-state index >= 15 is 0 Å². The zero-order valence-corrected chi connectivity index (χ0v) is 12.2. The van der Waals surface area contributed by atoms with E-state index in [1.807, 2.05) is 32.0 Å². The maximum Gasteiger partial charge on any atom is 0.242 e. The molecule has 0 fully saturated rings. The first kappa shape index (κ1) is 14.6. The van der Waals surface area contributed by atoms with Crippen LogP contribution in [0.4, 0.5) is 17.2 Å². The van der Waals surface area contributed by atoms with Crippen molar-refractivity contribution in [3.8, 4) is 11.9 Å². The largest absolute Gasteiger partial charge is 0.473 e. The number of rotatable bonds is 4. The highest BCUT2D eigenvalue weighted by Gasteiger charge is 2.17. The van der Waals surface area contributed by atoms with E-state index < -0.39 is 0 Å². The summed E-state index contributed by atoms with van der Waals surface area (Å²) in [5, 5.41) is 9.19. The minimum atomic E-state index is -0.0354. The number of nitrogens with zero attached hydrogens (tertiary/aromatic N) is 4. The molecule has 0 radical (unpaired) electrons. The summed E-state index contributed by atoms with van der Waals surface area (Å²) < 4.78 is 5.56. The van der Waals surface area contributed by atoms with E-state index in [-0.39, 0.29) is 6.10 Å². The molecule has 0 unspecified atom stereocenters. The molecule has 0 aliphatic carbocycles. The van der Waals surface area contributed by atoms with E-state index in [0.29, 0.717) is 22.9 Å². The van der Waals surface area contributed by atoms with Crippen LogP contribution in [0.5, 0.6) is 5.88 Å². The standard InChI is InChI=1S/C15H17N5O/c1-10(2)21-15-13(17)14(18-9-19-15)20(3)12-7-5-4-6-11(12)8-16/h4-7,9-10H,17H2,1-3H3. The summed E-state index contributed by atoms with van der Waals surface area (Å²) in [7, 11) is 1.80. The third-order valence-electron chi connectivity index (χ3n) is 2.88. The van der Waals surface area contributed by atoms with E-state index in [4.69, 9.17) is 10.5 Å². The van der Waals surface area contributed by atoms with Gasteiger partial charge in [-0.05, 0) is 26.0 Å². The SMILES string of the molecule is CC(C)Oc1ncnc(N(C)c2ccccc2C#N)c1N. The van der Waals surface area contributed by atoms with Crippen LogP contribution < -0.4 is 15.4 Å². The first-order valence-corrected chi connectivity index (χ1v) is 6.54. The molecule has 1 aromatic carbocycles. The Bertz CT molecular complexity index is 678. The van der Waals surface area contributed by atoms with Gasteiger partial charge in [0.25, 0.3) is 0 Å². The molecule has 0 spiro atoms. The number of nitriles is 1. The van der Waals surface area contributed by atoms with Crippen LogP contribution in [0.2, 0.25) is 0 Å². The maximum absolute atomic E-state index is 9.19. The van der Waals surface area contributed by atoms with Gasteiger partial charge in [-0.25, -0.2) is 4.98 Å². The molecule has 21 heavy (non-hydrogen) atoms. The summed E-state index contributed by atoms with van der Waals surface area (Å²) >= 11 is 0. The van der Waals surface area contributed by atoms with Gasteiger partial charge in [0.05, 0.1) is 17.4 Å². The van der Waals surface area contributed by atoms with Crippen molar-refractivity contribution in [1.29, 1.82) is 5.26 Å². The van der Waals surface area contributed by atoms with E-state index in [1.54, 1.807) is 18.0 Å². The van der Waals surface area contributed by atoms with Crippen LogP contribution in [0.3, 0.4) is 0 Å². The average molecular weight is 283 g/mol. The van der Waals surface area contributed by atoms with Gasteiger partial charge in [-0.3, -0.25) is 0 Å².